The predicted octanol–water partition coefficient (Wildman–Crippen LogP) is 1.42. The van der Waals surface area contributed by atoms with E-state index in [0.717, 1.165) is 13.1 Å². The molecule has 0 spiro atoms. The van der Waals surface area contributed by atoms with E-state index in [2.05, 4.69) is 37.6 Å². The van der Waals surface area contributed by atoms with Gasteiger partial charge in [0, 0.05) is 31.2 Å². The van der Waals surface area contributed by atoms with Crippen molar-refractivity contribution >= 4 is 0 Å². The zero-order valence-corrected chi connectivity index (χ0v) is 11.4. The van der Waals surface area contributed by atoms with Crippen LogP contribution in [0.25, 0.3) is 0 Å². The molecule has 0 aromatic heterocycles. The molecule has 16 heavy (non-hydrogen) atoms. The highest BCUT2D eigenvalue weighted by atomic mass is 16.3. The number of nitrogens with zero attached hydrogens (tertiary/aromatic N) is 2. The Bertz CT molecular complexity index is 206. The molecular formula is C13H28N2O. The molecule has 1 aliphatic heterocycles. The summed E-state index contributed by atoms with van der Waals surface area (Å²) in [5.74, 6) is 0. The molecule has 1 fully saturated rings. The minimum absolute atomic E-state index is 0.0241. The molecule has 1 N–H and O–H groups in total. The Labute approximate surface area is 100 Å². The minimum Gasteiger partial charge on any atom is -0.396 e. The molecule has 1 unspecified atom stereocenters. The van der Waals surface area contributed by atoms with Gasteiger partial charge < -0.3 is 10.0 Å². The summed E-state index contributed by atoms with van der Waals surface area (Å²) in [6.45, 7) is 11.4. The molecule has 0 radical (unpaired) electrons. The van der Waals surface area contributed by atoms with Gasteiger partial charge in [0.1, 0.15) is 0 Å². The smallest absolute Gasteiger partial charge is 0.0494 e. The van der Waals surface area contributed by atoms with Crippen molar-refractivity contribution < 1.29 is 5.11 Å². The Kier molecular flexibility index (Phi) is 5.22. The van der Waals surface area contributed by atoms with Gasteiger partial charge in [-0.2, -0.15) is 0 Å². The molecule has 0 aromatic carbocycles. The molecule has 0 aliphatic carbocycles. The van der Waals surface area contributed by atoms with Gasteiger partial charge in [0.2, 0.25) is 0 Å². The maximum Gasteiger partial charge on any atom is 0.0494 e. The van der Waals surface area contributed by atoms with Crippen LogP contribution in [-0.4, -0.2) is 60.8 Å². The summed E-state index contributed by atoms with van der Waals surface area (Å²) in [6.07, 6.45) is 2.44. The Hall–Kier alpha value is -0.120. The monoisotopic (exact) mass is 228 g/mol. The highest BCUT2D eigenvalue weighted by molar-refractivity contribution is 4.82. The van der Waals surface area contributed by atoms with E-state index in [1.54, 1.807) is 0 Å². The lowest BCUT2D eigenvalue weighted by molar-refractivity contribution is 0.0774. The molecule has 1 saturated heterocycles. The Morgan fingerprint density at radius 3 is 2.56 bits per heavy atom. The molecule has 0 aromatic rings. The Morgan fingerprint density at radius 1 is 1.31 bits per heavy atom. The zero-order valence-electron chi connectivity index (χ0n) is 11.4. The van der Waals surface area contributed by atoms with Crippen molar-refractivity contribution in [2.45, 2.75) is 39.7 Å². The van der Waals surface area contributed by atoms with Gasteiger partial charge in [0.25, 0.3) is 0 Å². The van der Waals surface area contributed by atoms with Gasteiger partial charge in [0.15, 0.2) is 0 Å². The van der Waals surface area contributed by atoms with Gasteiger partial charge in [-0.1, -0.05) is 20.8 Å². The first-order valence-electron chi connectivity index (χ1n) is 6.52. The van der Waals surface area contributed by atoms with Crippen LogP contribution in [0.5, 0.6) is 0 Å². The van der Waals surface area contributed by atoms with Crippen LogP contribution in [0.15, 0.2) is 0 Å². The number of rotatable bonds is 4. The number of hydrogen-bond acceptors (Lipinski definition) is 3. The Balaban J connectivity index is 2.61. The maximum absolute atomic E-state index is 9.37. The first-order chi connectivity index (χ1) is 7.48. The summed E-state index contributed by atoms with van der Waals surface area (Å²) < 4.78 is 0. The fourth-order valence-corrected chi connectivity index (χ4v) is 2.49. The molecule has 0 bridgehead atoms. The molecule has 3 heteroatoms. The molecule has 1 heterocycles. The van der Waals surface area contributed by atoms with Crippen LogP contribution in [-0.2, 0) is 0 Å². The van der Waals surface area contributed by atoms with Gasteiger partial charge in [-0.25, -0.2) is 0 Å². The largest absolute Gasteiger partial charge is 0.396 e. The van der Waals surface area contributed by atoms with Crippen molar-refractivity contribution in [1.29, 1.82) is 0 Å². The van der Waals surface area contributed by atoms with E-state index in [1.807, 2.05) is 0 Å². The summed E-state index contributed by atoms with van der Waals surface area (Å²) in [4.78, 5) is 5.00. The summed E-state index contributed by atoms with van der Waals surface area (Å²) in [5.41, 5.74) is 0.0241. The Morgan fingerprint density at radius 2 is 2.00 bits per heavy atom. The number of likely N-dealkylation sites (N-methyl/N-ethyl adjacent to an activating group) is 1. The molecule has 1 rings (SSSR count). The topological polar surface area (TPSA) is 26.7 Å². The third-order valence-corrected chi connectivity index (χ3v) is 3.55. The molecule has 3 nitrogen and oxygen atoms in total. The summed E-state index contributed by atoms with van der Waals surface area (Å²) in [7, 11) is 2.21. The van der Waals surface area contributed by atoms with Crippen molar-refractivity contribution in [3.63, 3.8) is 0 Å². The van der Waals surface area contributed by atoms with Crippen molar-refractivity contribution in [3.8, 4) is 0 Å². The van der Waals surface area contributed by atoms with E-state index < -0.39 is 0 Å². The van der Waals surface area contributed by atoms with E-state index in [-0.39, 0.29) is 12.0 Å². The lowest BCUT2D eigenvalue weighted by Crippen LogP contribution is -2.45. The highest BCUT2D eigenvalue weighted by Gasteiger charge is 2.27. The van der Waals surface area contributed by atoms with Crippen LogP contribution < -0.4 is 0 Å². The molecule has 1 aliphatic rings. The van der Waals surface area contributed by atoms with Gasteiger partial charge in [0.05, 0.1) is 0 Å². The second kappa shape index (κ2) is 5.99. The number of aliphatic hydroxyl groups is 1. The third-order valence-electron chi connectivity index (χ3n) is 3.55. The van der Waals surface area contributed by atoms with Gasteiger partial charge in [-0.15, -0.1) is 0 Å². The molecular weight excluding hydrogens is 200 g/mol. The van der Waals surface area contributed by atoms with E-state index in [9.17, 15) is 5.11 Å². The van der Waals surface area contributed by atoms with Crippen LogP contribution in [0.2, 0.25) is 0 Å². The summed E-state index contributed by atoms with van der Waals surface area (Å²) >= 11 is 0. The maximum atomic E-state index is 9.37. The van der Waals surface area contributed by atoms with Crippen LogP contribution >= 0.6 is 0 Å². The first kappa shape index (κ1) is 13.9. The lowest BCUT2D eigenvalue weighted by atomic mass is 9.93. The van der Waals surface area contributed by atoms with Crippen LogP contribution in [0.1, 0.15) is 33.6 Å². The van der Waals surface area contributed by atoms with E-state index in [1.165, 1.54) is 25.9 Å². The average molecular weight is 228 g/mol. The van der Waals surface area contributed by atoms with Crippen LogP contribution in [0.3, 0.4) is 0 Å². The van der Waals surface area contributed by atoms with Crippen molar-refractivity contribution in [2.24, 2.45) is 5.41 Å². The first-order valence-corrected chi connectivity index (χ1v) is 6.52. The minimum atomic E-state index is 0.0241. The van der Waals surface area contributed by atoms with E-state index in [4.69, 9.17) is 0 Å². The lowest BCUT2D eigenvalue weighted by Gasteiger charge is -2.36. The van der Waals surface area contributed by atoms with Crippen molar-refractivity contribution in [1.82, 2.24) is 9.80 Å². The number of aliphatic hydroxyl groups excluding tert-OH is 1. The quantitative estimate of drug-likeness (QED) is 0.788. The van der Waals surface area contributed by atoms with E-state index in [0.29, 0.717) is 6.04 Å². The molecule has 0 amide bonds. The fraction of sp³-hybridized carbons (Fsp3) is 1.00. The van der Waals surface area contributed by atoms with Gasteiger partial charge >= 0.3 is 0 Å². The van der Waals surface area contributed by atoms with Crippen LogP contribution in [0, 0.1) is 5.41 Å². The fourth-order valence-electron chi connectivity index (χ4n) is 2.49. The molecule has 1 atom stereocenters. The summed E-state index contributed by atoms with van der Waals surface area (Å²) in [6, 6.07) is 0.651. The second-order valence-corrected chi connectivity index (χ2v) is 5.97. The highest BCUT2D eigenvalue weighted by Crippen LogP contribution is 2.20. The SMILES string of the molecule is CCC1CN(C)CCCN1CC(C)(C)CO. The average Bonchev–Trinajstić information content (AvgIpc) is 2.40. The van der Waals surface area contributed by atoms with Crippen molar-refractivity contribution in [2.75, 3.05) is 39.8 Å². The predicted molar refractivity (Wildman–Crippen MR) is 68.6 cm³/mol. The zero-order chi connectivity index (χ0) is 12.2. The second-order valence-electron chi connectivity index (χ2n) is 5.97. The van der Waals surface area contributed by atoms with E-state index >= 15 is 0 Å². The van der Waals surface area contributed by atoms with Gasteiger partial charge in [-0.3, -0.25) is 4.90 Å². The van der Waals surface area contributed by atoms with Crippen molar-refractivity contribution in [3.05, 3.63) is 0 Å². The van der Waals surface area contributed by atoms with Gasteiger partial charge in [-0.05, 0) is 33.0 Å². The standard InChI is InChI=1S/C13H28N2O/c1-5-12-9-14(4)7-6-8-15(12)10-13(2,3)11-16/h12,16H,5-11H2,1-4H3. The summed E-state index contributed by atoms with van der Waals surface area (Å²) in [5, 5.41) is 9.37. The molecule has 96 valence electrons. The molecule has 0 saturated carbocycles. The number of hydrogen-bond donors (Lipinski definition) is 1. The van der Waals surface area contributed by atoms with Crippen LogP contribution in [0.4, 0.5) is 0 Å². The normalized spacial score (nSPS) is 25.7. The third kappa shape index (κ3) is 4.04.